The summed E-state index contributed by atoms with van der Waals surface area (Å²) in [4.78, 5) is 19.4. The molecule has 0 radical (unpaired) electrons. The van der Waals surface area contributed by atoms with Crippen LogP contribution in [-0.4, -0.2) is 33.6 Å². The lowest BCUT2D eigenvalue weighted by molar-refractivity contribution is 0.111. The lowest BCUT2D eigenvalue weighted by Gasteiger charge is -2.09. The standard InChI is InChI=1S/C16H14N4O3/c1-22-16-5-13(9-21)15(8-18-16)23-10-11-4-12(7-17-6-11)14-2-3-19-20-14/h2-9H,10H2,1H3,(H,19,20). The van der Waals surface area contributed by atoms with Crippen molar-refractivity contribution >= 4 is 6.29 Å². The number of rotatable bonds is 6. The third-order valence-electron chi connectivity index (χ3n) is 3.21. The number of carbonyl (C=O) groups excluding carboxylic acids is 1. The van der Waals surface area contributed by atoms with Crippen LogP contribution in [0.1, 0.15) is 15.9 Å². The van der Waals surface area contributed by atoms with Gasteiger partial charge in [0.25, 0.3) is 0 Å². The van der Waals surface area contributed by atoms with E-state index in [9.17, 15) is 4.79 Å². The minimum atomic E-state index is 0.268. The molecule has 0 aliphatic heterocycles. The molecular formula is C16H14N4O3. The van der Waals surface area contributed by atoms with Crippen LogP contribution < -0.4 is 9.47 Å². The fourth-order valence-corrected chi connectivity index (χ4v) is 2.05. The molecule has 0 amide bonds. The lowest BCUT2D eigenvalue weighted by atomic mass is 10.1. The Labute approximate surface area is 132 Å². The van der Waals surface area contributed by atoms with E-state index in [1.165, 1.54) is 19.4 Å². The van der Waals surface area contributed by atoms with E-state index in [1.807, 2.05) is 12.1 Å². The van der Waals surface area contributed by atoms with Gasteiger partial charge in [-0.15, -0.1) is 0 Å². The summed E-state index contributed by atoms with van der Waals surface area (Å²) in [6.45, 7) is 0.268. The molecular weight excluding hydrogens is 296 g/mol. The van der Waals surface area contributed by atoms with Crippen molar-refractivity contribution in [3.63, 3.8) is 0 Å². The second kappa shape index (κ2) is 6.69. The van der Waals surface area contributed by atoms with Crippen LogP contribution in [-0.2, 0) is 6.61 Å². The zero-order valence-corrected chi connectivity index (χ0v) is 12.4. The summed E-state index contributed by atoms with van der Waals surface area (Å²) < 4.78 is 10.7. The van der Waals surface area contributed by atoms with Gasteiger partial charge in [0.1, 0.15) is 12.4 Å². The Hall–Kier alpha value is -3.22. The highest BCUT2D eigenvalue weighted by atomic mass is 16.5. The molecule has 7 heteroatoms. The Morgan fingerprint density at radius 3 is 2.91 bits per heavy atom. The van der Waals surface area contributed by atoms with Gasteiger partial charge in [-0.05, 0) is 12.1 Å². The highest BCUT2D eigenvalue weighted by Crippen LogP contribution is 2.22. The van der Waals surface area contributed by atoms with E-state index in [2.05, 4.69) is 20.2 Å². The molecule has 0 atom stereocenters. The minimum Gasteiger partial charge on any atom is -0.486 e. The summed E-state index contributed by atoms with van der Waals surface area (Å²) in [7, 11) is 1.49. The molecule has 0 aliphatic carbocycles. The van der Waals surface area contributed by atoms with Crippen molar-refractivity contribution < 1.29 is 14.3 Å². The predicted octanol–water partition coefficient (Wildman–Crippen LogP) is 2.27. The molecule has 0 saturated carbocycles. The number of H-pyrrole nitrogens is 1. The maximum absolute atomic E-state index is 11.1. The van der Waals surface area contributed by atoms with E-state index in [4.69, 9.17) is 9.47 Å². The number of hydrogen-bond donors (Lipinski definition) is 1. The molecule has 3 heterocycles. The normalized spacial score (nSPS) is 10.3. The molecule has 116 valence electrons. The smallest absolute Gasteiger partial charge is 0.213 e. The zero-order valence-electron chi connectivity index (χ0n) is 12.4. The van der Waals surface area contributed by atoms with Gasteiger partial charge >= 0.3 is 0 Å². The monoisotopic (exact) mass is 310 g/mol. The Bertz CT molecular complexity index is 803. The number of aldehydes is 1. The number of pyridine rings is 2. The lowest BCUT2D eigenvalue weighted by Crippen LogP contribution is -2.01. The molecule has 0 fully saturated rings. The summed E-state index contributed by atoms with van der Waals surface area (Å²) in [6, 6.07) is 5.33. The highest BCUT2D eigenvalue weighted by molar-refractivity contribution is 5.79. The van der Waals surface area contributed by atoms with E-state index < -0.39 is 0 Å². The van der Waals surface area contributed by atoms with Crippen molar-refractivity contribution in [2.45, 2.75) is 6.61 Å². The van der Waals surface area contributed by atoms with Crippen LogP contribution in [0.5, 0.6) is 11.6 Å². The fourth-order valence-electron chi connectivity index (χ4n) is 2.05. The van der Waals surface area contributed by atoms with E-state index in [0.717, 1.165) is 16.8 Å². The molecule has 0 spiro atoms. The summed E-state index contributed by atoms with van der Waals surface area (Å²) in [6.07, 6.45) is 7.30. The summed E-state index contributed by atoms with van der Waals surface area (Å²) in [5.74, 6) is 0.759. The van der Waals surface area contributed by atoms with Gasteiger partial charge in [-0.3, -0.25) is 14.9 Å². The average molecular weight is 310 g/mol. The Balaban J connectivity index is 1.76. The van der Waals surface area contributed by atoms with Crippen LogP contribution in [0, 0.1) is 0 Å². The van der Waals surface area contributed by atoms with Crippen molar-refractivity contribution in [3.8, 4) is 22.9 Å². The molecule has 1 N–H and O–H groups in total. The number of nitrogens with zero attached hydrogens (tertiary/aromatic N) is 3. The summed E-state index contributed by atoms with van der Waals surface area (Å²) >= 11 is 0. The number of ether oxygens (including phenoxy) is 2. The second-order valence-electron chi connectivity index (χ2n) is 4.72. The van der Waals surface area contributed by atoms with E-state index >= 15 is 0 Å². The Kier molecular flexibility index (Phi) is 4.28. The third kappa shape index (κ3) is 3.34. The summed E-state index contributed by atoms with van der Waals surface area (Å²) in [5, 5.41) is 6.80. The number of aromatic amines is 1. The largest absolute Gasteiger partial charge is 0.486 e. The van der Waals surface area contributed by atoms with Gasteiger partial charge in [0.05, 0.1) is 24.6 Å². The first-order valence-electron chi connectivity index (χ1n) is 6.86. The predicted molar refractivity (Wildman–Crippen MR) is 82.3 cm³/mol. The topological polar surface area (TPSA) is 90.0 Å². The van der Waals surface area contributed by atoms with E-state index in [-0.39, 0.29) is 6.61 Å². The van der Waals surface area contributed by atoms with Crippen LogP contribution in [0.15, 0.2) is 43.0 Å². The first-order valence-corrected chi connectivity index (χ1v) is 6.86. The van der Waals surface area contributed by atoms with Gasteiger partial charge in [0.15, 0.2) is 6.29 Å². The van der Waals surface area contributed by atoms with Gasteiger partial charge in [-0.25, -0.2) is 4.98 Å². The number of aromatic nitrogens is 4. The number of methoxy groups -OCH3 is 1. The molecule has 23 heavy (non-hydrogen) atoms. The summed E-state index contributed by atoms with van der Waals surface area (Å²) in [5.41, 5.74) is 3.03. The second-order valence-corrected chi connectivity index (χ2v) is 4.72. The zero-order chi connectivity index (χ0) is 16.1. The molecule has 0 aliphatic rings. The van der Waals surface area contributed by atoms with Crippen molar-refractivity contribution in [3.05, 3.63) is 54.1 Å². The first-order chi connectivity index (χ1) is 11.3. The quantitative estimate of drug-likeness (QED) is 0.702. The van der Waals surface area contributed by atoms with Gasteiger partial charge in [0.2, 0.25) is 5.88 Å². The van der Waals surface area contributed by atoms with E-state index in [1.54, 1.807) is 18.6 Å². The molecule has 3 aromatic heterocycles. The first kappa shape index (κ1) is 14.7. The molecule has 0 bridgehead atoms. The van der Waals surface area contributed by atoms with Crippen molar-refractivity contribution in [1.82, 2.24) is 20.2 Å². The molecule has 3 rings (SSSR count). The molecule has 7 nitrogen and oxygen atoms in total. The number of carbonyl (C=O) groups is 1. The molecule has 0 aromatic carbocycles. The van der Waals surface area contributed by atoms with Crippen LogP contribution in [0.4, 0.5) is 0 Å². The highest BCUT2D eigenvalue weighted by Gasteiger charge is 2.08. The Morgan fingerprint density at radius 1 is 1.26 bits per heavy atom. The van der Waals surface area contributed by atoms with Crippen LogP contribution >= 0.6 is 0 Å². The number of hydrogen-bond acceptors (Lipinski definition) is 6. The average Bonchev–Trinajstić information content (AvgIpc) is 3.14. The van der Waals surface area contributed by atoms with Crippen LogP contribution in [0.3, 0.4) is 0 Å². The third-order valence-corrected chi connectivity index (χ3v) is 3.21. The molecule has 3 aromatic rings. The van der Waals surface area contributed by atoms with Crippen molar-refractivity contribution in [2.75, 3.05) is 7.11 Å². The van der Waals surface area contributed by atoms with Gasteiger partial charge in [-0.2, -0.15) is 5.10 Å². The van der Waals surface area contributed by atoms with E-state index in [0.29, 0.717) is 23.5 Å². The fraction of sp³-hybridized carbons (Fsp3) is 0.125. The van der Waals surface area contributed by atoms with Crippen molar-refractivity contribution in [1.29, 1.82) is 0 Å². The molecule has 0 unspecified atom stereocenters. The number of nitrogens with one attached hydrogen (secondary N) is 1. The van der Waals surface area contributed by atoms with Gasteiger partial charge < -0.3 is 9.47 Å². The Morgan fingerprint density at radius 2 is 2.17 bits per heavy atom. The van der Waals surface area contributed by atoms with Crippen LogP contribution in [0.2, 0.25) is 0 Å². The van der Waals surface area contributed by atoms with Gasteiger partial charge in [-0.1, -0.05) is 0 Å². The maximum Gasteiger partial charge on any atom is 0.213 e. The minimum absolute atomic E-state index is 0.268. The van der Waals surface area contributed by atoms with Crippen LogP contribution in [0.25, 0.3) is 11.3 Å². The SMILES string of the molecule is COc1cc(C=O)c(OCc2cncc(-c3ccn[nH]3)c2)cn1. The van der Waals surface area contributed by atoms with Gasteiger partial charge in [0, 0.05) is 35.8 Å². The van der Waals surface area contributed by atoms with Crippen molar-refractivity contribution in [2.24, 2.45) is 0 Å². The molecule has 0 saturated heterocycles. The maximum atomic E-state index is 11.1.